The summed E-state index contributed by atoms with van der Waals surface area (Å²) >= 11 is 0. The van der Waals surface area contributed by atoms with E-state index in [1.165, 1.54) is 0 Å². The van der Waals surface area contributed by atoms with Gasteiger partial charge in [-0.05, 0) is 19.3 Å². The van der Waals surface area contributed by atoms with Crippen LogP contribution in [0.5, 0.6) is 0 Å². The van der Waals surface area contributed by atoms with Gasteiger partial charge in [-0.25, -0.2) is 0 Å². The summed E-state index contributed by atoms with van der Waals surface area (Å²) in [6, 6.07) is -0.471. The molecule has 4 heteroatoms. The van der Waals surface area contributed by atoms with Crippen molar-refractivity contribution in [3.8, 4) is 0 Å². The first-order chi connectivity index (χ1) is 6.74. The first kappa shape index (κ1) is 11.6. The summed E-state index contributed by atoms with van der Waals surface area (Å²) in [5.74, 6) is 0.0716. The number of ketones is 1. The van der Waals surface area contributed by atoms with Crippen LogP contribution in [0, 0.1) is 0 Å². The van der Waals surface area contributed by atoms with Gasteiger partial charge in [-0.15, -0.1) is 0 Å². The van der Waals surface area contributed by atoms with Gasteiger partial charge >= 0.3 is 0 Å². The molecule has 14 heavy (non-hydrogen) atoms. The van der Waals surface area contributed by atoms with E-state index in [0.29, 0.717) is 13.0 Å². The molecule has 1 fully saturated rings. The van der Waals surface area contributed by atoms with E-state index in [1.54, 1.807) is 7.11 Å². The number of hydrogen-bond donors (Lipinski definition) is 1. The Hall–Kier alpha value is -0.450. The molecule has 1 rings (SSSR count). The van der Waals surface area contributed by atoms with Crippen LogP contribution in [-0.4, -0.2) is 38.3 Å². The van der Waals surface area contributed by atoms with Crippen LogP contribution >= 0.6 is 0 Å². The molecule has 0 radical (unpaired) electrons. The van der Waals surface area contributed by atoms with Crippen LogP contribution in [0.1, 0.15) is 25.7 Å². The van der Waals surface area contributed by atoms with Crippen LogP contribution in [0.4, 0.5) is 0 Å². The van der Waals surface area contributed by atoms with Gasteiger partial charge in [0, 0.05) is 20.1 Å². The number of carbonyl (C=O) groups is 1. The van der Waals surface area contributed by atoms with Gasteiger partial charge in [-0.1, -0.05) is 0 Å². The Labute approximate surface area is 84.7 Å². The molecule has 4 nitrogen and oxygen atoms in total. The van der Waals surface area contributed by atoms with Gasteiger partial charge in [-0.2, -0.15) is 0 Å². The van der Waals surface area contributed by atoms with Crippen molar-refractivity contribution >= 4 is 5.78 Å². The van der Waals surface area contributed by atoms with Crippen LogP contribution in [0.15, 0.2) is 0 Å². The Morgan fingerprint density at radius 3 is 3.07 bits per heavy atom. The average molecular weight is 201 g/mol. The predicted molar refractivity (Wildman–Crippen MR) is 53.1 cm³/mol. The largest absolute Gasteiger partial charge is 0.383 e. The second kappa shape index (κ2) is 6.11. The highest BCUT2D eigenvalue weighted by atomic mass is 16.5. The zero-order chi connectivity index (χ0) is 10.4. The fourth-order valence-corrected chi connectivity index (χ4v) is 1.63. The first-order valence-electron chi connectivity index (χ1n) is 5.13. The second-order valence-electron chi connectivity index (χ2n) is 3.70. The van der Waals surface area contributed by atoms with Gasteiger partial charge in [0.1, 0.15) is 0 Å². The molecule has 2 unspecified atom stereocenters. The van der Waals surface area contributed by atoms with Crippen LogP contribution in [0.3, 0.4) is 0 Å². The number of Topliss-reactive ketones (excluding diaryl/α,β-unsaturated/α-hetero) is 1. The summed E-state index contributed by atoms with van der Waals surface area (Å²) < 4.78 is 10.2. The van der Waals surface area contributed by atoms with Gasteiger partial charge < -0.3 is 15.2 Å². The summed E-state index contributed by atoms with van der Waals surface area (Å²) in [5, 5.41) is 0. The lowest BCUT2D eigenvalue weighted by Gasteiger charge is -2.11. The van der Waals surface area contributed by atoms with Crippen molar-refractivity contribution in [1.29, 1.82) is 0 Å². The molecule has 1 aliphatic heterocycles. The highest BCUT2D eigenvalue weighted by Gasteiger charge is 2.19. The van der Waals surface area contributed by atoms with Gasteiger partial charge in [-0.3, -0.25) is 4.79 Å². The fourth-order valence-electron chi connectivity index (χ4n) is 1.63. The normalized spacial score (nSPS) is 23.7. The number of hydrogen-bond acceptors (Lipinski definition) is 4. The van der Waals surface area contributed by atoms with Crippen LogP contribution in [0.25, 0.3) is 0 Å². The first-order valence-corrected chi connectivity index (χ1v) is 5.13. The van der Waals surface area contributed by atoms with Crippen molar-refractivity contribution in [3.05, 3.63) is 0 Å². The van der Waals surface area contributed by atoms with Crippen molar-refractivity contribution in [2.45, 2.75) is 37.8 Å². The number of ether oxygens (including phenoxy) is 2. The lowest BCUT2D eigenvalue weighted by Crippen LogP contribution is -2.35. The topological polar surface area (TPSA) is 61.5 Å². The third-order valence-electron chi connectivity index (χ3n) is 2.50. The molecule has 0 aromatic heterocycles. The van der Waals surface area contributed by atoms with Gasteiger partial charge in [0.15, 0.2) is 5.78 Å². The smallest absolute Gasteiger partial charge is 0.151 e. The quantitative estimate of drug-likeness (QED) is 0.679. The van der Waals surface area contributed by atoms with Gasteiger partial charge in [0.25, 0.3) is 0 Å². The molecule has 0 bridgehead atoms. The molecule has 0 aromatic carbocycles. The number of methoxy groups -OCH3 is 1. The maximum Gasteiger partial charge on any atom is 0.151 e. The van der Waals surface area contributed by atoms with E-state index in [9.17, 15) is 4.79 Å². The maximum atomic E-state index is 11.4. The van der Waals surface area contributed by atoms with E-state index in [2.05, 4.69) is 0 Å². The number of carbonyl (C=O) groups excluding carboxylic acids is 1. The molecule has 0 aliphatic carbocycles. The summed E-state index contributed by atoms with van der Waals surface area (Å²) in [7, 11) is 1.55. The predicted octanol–water partition coefficient (Wildman–Crippen LogP) is 0.488. The average Bonchev–Trinajstić information content (AvgIpc) is 2.67. The van der Waals surface area contributed by atoms with E-state index in [0.717, 1.165) is 25.9 Å². The Morgan fingerprint density at radius 1 is 1.71 bits per heavy atom. The van der Waals surface area contributed by atoms with Crippen LogP contribution in [-0.2, 0) is 14.3 Å². The molecule has 0 spiro atoms. The van der Waals surface area contributed by atoms with Gasteiger partial charge in [0.2, 0.25) is 0 Å². The Kier molecular flexibility index (Phi) is 5.07. The molecular weight excluding hydrogens is 182 g/mol. The molecule has 2 atom stereocenters. The van der Waals surface area contributed by atoms with Gasteiger partial charge in [0.05, 0.1) is 18.8 Å². The van der Waals surface area contributed by atoms with E-state index in [1.807, 2.05) is 0 Å². The van der Waals surface area contributed by atoms with Crippen molar-refractivity contribution < 1.29 is 14.3 Å². The molecule has 1 heterocycles. The minimum absolute atomic E-state index is 0.0716. The molecule has 0 saturated carbocycles. The highest BCUT2D eigenvalue weighted by molar-refractivity contribution is 5.83. The van der Waals surface area contributed by atoms with Crippen molar-refractivity contribution in [3.63, 3.8) is 0 Å². The van der Waals surface area contributed by atoms with E-state index in [-0.39, 0.29) is 11.9 Å². The molecule has 1 saturated heterocycles. The minimum atomic E-state index is -0.471. The lowest BCUT2D eigenvalue weighted by molar-refractivity contribution is -0.122. The third-order valence-corrected chi connectivity index (χ3v) is 2.50. The fraction of sp³-hybridized carbons (Fsp3) is 0.900. The Morgan fingerprint density at radius 2 is 2.50 bits per heavy atom. The third kappa shape index (κ3) is 3.74. The lowest BCUT2D eigenvalue weighted by atomic mass is 10.0. The summed E-state index contributed by atoms with van der Waals surface area (Å²) in [6.45, 7) is 1.15. The summed E-state index contributed by atoms with van der Waals surface area (Å²) in [4.78, 5) is 11.4. The van der Waals surface area contributed by atoms with Crippen LogP contribution in [0.2, 0.25) is 0 Å². The summed E-state index contributed by atoms with van der Waals surface area (Å²) in [6.07, 6.45) is 3.77. The minimum Gasteiger partial charge on any atom is -0.383 e. The Bertz CT molecular complexity index is 178. The maximum absolute atomic E-state index is 11.4. The zero-order valence-electron chi connectivity index (χ0n) is 8.70. The SMILES string of the molecule is COCC(N)C(=O)CCC1CCCO1. The Balaban J connectivity index is 2.13. The van der Waals surface area contributed by atoms with E-state index >= 15 is 0 Å². The molecule has 0 aromatic rings. The highest BCUT2D eigenvalue weighted by Crippen LogP contribution is 2.17. The number of nitrogens with two attached hydrogens (primary N) is 1. The zero-order valence-corrected chi connectivity index (χ0v) is 8.70. The molecular formula is C10H19NO3. The van der Waals surface area contributed by atoms with Crippen molar-refractivity contribution in [1.82, 2.24) is 0 Å². The van der Waals surface area contributed by atoms with Crippen molar-refractivity contribution in [2.75, 3.05) is 20.3 Å². The van der Waals surface area contributed by atoms with Crippen molar-refractivity contribution in [2.24, 2.45) is 5.73 Å². The monoisotopic (exact) mass is 201 g/mol. The second-order valence-corrected chi connectivity index (χ2v) is 3.70. The number of rotatable bonds is 6. The van der Waals surface area contributed by atoms with E-state index in [4.69, 9.17) is 15.2 Å². The molecule has 0 amide bonds. The van der Waals surface area contributed by atoms with E-state index < -0.39 is 6.04 Å². The molecule has 82 valence electrons. The van der Waals surface area contributed by atoms with Crippen LogP contribution < -0.4 is 5.73 Å². The molecule has 2 N–H and O–H groups in total. The molecule has 1 aliphatic rings. The standard InChI is InChI=1S/C10H19NO3/c1-13-7-9(11)10(12)5-4-8-3-2-6-14-8/h8-9H,2-7,11H2,1H3. The summed E-state index contributed by atoms with van der Waals surface area (Å²) in [5.41, 5.74) is 5.60.